The number of hydrogen-bond donors (Lipinski definition) is 2. The first-order chi connectivity index (χ1) is 12.9. The van der Waals surface area contributed by atoms with E-state index < -0.39 is 0 Å². The summed E-state index contributed by atoms with van der Waals surface area (Å²) in [4.78, 5) is 26.4. The fraction of sp³-hybridized carbons (Fsp3) is 0.750. The summed E-state index contributed by atoms with van der Waals surface area (Å²) in [5.74, 6) is 2.14. The van der Waals surface area contributed by atoms with Crippen molar-refractivity contribution in [2.75, 3.05) is 11.1 Å². The van der Waals surface area contributed by atoms with Crippen LogP contribution in [0, 0.1) is 27.9 Å². The van der Waals surface area contributed by atoms with E-state index in [9.17, 15) is 9.59 Å². The van der Waals surface area contributed by atoms with Crippen molar-refractivity contribution in [1.29, 1.82) is 0 Å². The highest BCUT2D eigenvalue weighted by Crippen LogP contribution is 2.65. The molecule has 1 aromatic rings. The van der Waals surface area contributed by atoms with Gasteiger partial charge in [-0.3, -0.25) is 14.2 Å². The molecule has 27 heavy (non-hydrogen) atoms. The SMILES string of the molecule is CCCn1c(N)c(NC(=O)C23CC4CC(CC2C4)C3)c(=O)n(CCC)c1=S. The minimum absolute atomic E-state index is 0.00390. The molecule has 4 aliphatic rings. The lowest BCUT2D eigenvalue weighted by atomic mass is 9.75. The van der Waals surface area contributed by atoms with E-state index >= 15 is 0 Å². The summed E-state index contributed by atoms with van der Waals surface area (Å²) in [5, 5.41) is 2.98. The fourth-order valence-electron chi connectivity index (χ4n) is 6.10. The van der Waals surface area contributed by atoms with Crippen molar-refractivity contribution in [3.63, 3.8) is 0 Å². The molecule has 6 nitrogen and oxygen atoms in total. The summed E-state index contributed by atoms with van der Waals surface area (Å²) < 4.78 is 3.81. The number of carbonyl (C=O) groups excluding carboxylic acids is 1. The van der Waals surface area contributed by atoms with Gasteiger partial charge in [0.1, 0.15) is 11.5 Å². The number of anilines is 2. The van der Waals surface area contributed by atoms with Crippen LogP contribution in [0.5, 0.6) is 0 Å². The zero-order valence-electron chi connectivity index (χ0n) is 16.3. The molecular weight excluding hydrogens is 360 g/mol. The molecular formula is C20H30N4O2S. The van der Waals surface area contributed by atoms with Crippen molar-refractivity contribution in [3.8, 4) is 0 Å². The van der Waals surface area contributed by atoms with Gasteiger partial charge in [-0.05, 0) is 74.9 Å². The highest BCUT2D eigenvalue weighted by molar-refractivity contribution is 7.71. The number of amides is 1. The van der Waals surface area contributed by atoms with E-state index in [0.29, 0.717) is 41.4 Å². The molecule has 148 valence electrons. The first-order valence-corrected chi connectivity index (χ1v) is 10.8. The van der Waals surface area contributed by atoms with Gasteiger partial charge in [-0.1, -0.05) is 13.8 Å². The molecule has 4 bridgehead atoms. The monoisotopic (exact) mass is 390 g/mol. The Balaban J connectivity index is 1.72. The Morgan fingerprint density at radius 3 is 2.33 bits per heavy atom. The van der Waals surface area contributed by atoms with Crippen LogP contribution >= 0.6 is 12.2 Å². The lowest BCUT2D eigenvalue weighted by Crippen LogP contribution is -2.40. The van der Waals surface area contributed by atoms with Crippen LogP contribution in [0.3, 0.4) is 0 Å². The van der Waals surface area contributed by atoms with Gasteiger partial charge in [-0.2, -0.15) is 0 Å². The van der Waals surface area contributed by atoms with E-state index in [2.05, 4.69) is 5.32 Å². The van der Waals surface area contributed by atoms with Crippen LogP contribution in [0.2, 0.25) is 0 Å². The molecule has 1 amide bonds. The summed E-state index contributed by atoms with van der Waals surface area (Å²) >= 11 is 5.51. The van der Waals surface area contributed by atoms with Crippen LogP contribution in [0.15, 0.2) is 4.79 Å². The summed E-state index contributed by atoms with van der Waals surface area (Å²) in [6.45, 7) is 5.21. The molecule has 1 aromatic heterocycles. The number of nitrogen functional groups attached to an aromatic ring is 1. The van der Waals surface area contributed by atoms with Crippen molar-refractivity contribution >= 4 is 29.6 Å². The number of aromatic nitrogens is 2. The number of hydrogen-bond acceptors (Lipinski definition) is 4. The van der Waals surface area contributed by atoms with E-state index in [1.807, 2.05) is 13.8 Å². The normalized spacial score (nSPS) is 30.8. The van der Waals surface area contributed by atoms with Gasteiger partial charge in [-0.25, -0.2) is 0 Å². The quantitative estimate of drug-likeness (QED) is 0.728. The summed E-state index contributed by atoms with van der Waals surface area (Å²) in [7, 11) is 0. The first kappa shape index (κ1) is 18.7. The van der Waals surface area contributed by atoms with Crippen molar-refractivity contribution in [2.45, 2.75) is 71.9 Å². The molecule has 0 saturated heterocycles. The van der Waals surface area contributed by atoms with Gasteiger partial charge in [-0.15, -0.1) is 0 Å². The largest absolute Gasteiger partial charge is 0.383 e. The molecule has 2 unspecified atom stereocenters. The molecule has 4 fully saturated rings. The van der Waals surface area contributed by atoms with Gasteiger partial charge in [0, 0.05) is 13.1 Å². The zero-order chi connectivity index (χ0) is 19.3. The smallest absolute Gasteiger partial charge is 0.280 e. The van der Waals surface area contributed by atoms with E-state index in [0.717, 1.165) is 25.7 Å². The number of carbonyl (C=O) groups is 1. The number of nitrogens with zero attached hydrogens (tertiary/aromatic N) is 2. The number of nitrogens with two attached hydrogens (primary N) is 1. The van der Waals surface area contributed by atoms with Crippen LogP contribution in [0.1, 0.15) is 58.8 Å². The lowest BCUT2D eigenvalue weighted by Gasteiger charge is -2.31. The van der Waals surface area contributed by atoms with E-state index in [-0.39, 0.29) is 22.6 Å². The second-order valence-corrected chi connectivity index (χ2v) is 9.17. The lowest BCUT2D eigenvalue weighted by molar-refractivity contribution is -0.127. The van der Waals surface area contributed by atoms with Crippen LogP contribution in [0.25, 0.3) is 0 Å². The summed E-state index contributed by atoms with van der Waals surface area (Å²) in [6, 6.07) is 0. The van der Waals surface area contributed by atoms with Gasteiger partial charge >= 0.3 is 0 Å². The predicted octanol–water partition coefficient (Wildman–Crippen LogP) is 3.55. The summed E-state index contributed by atoms with van der Waals surface area (Å²) in [5.41, 5.74) is 5.98. The molecule has 4 aliphatic carbocycles. The third-order valence-electron chi connectivity index (χ3n) is 7.04. The minimum atomic E-state index is -0.287. The van der Waals surface area contributed by atoms with Gasteiger partial charge in [0.2, 0.25) is 5.91 Å². The predicted molar refractivity (Wildman–Crippen MR) is 109 cm³/mol. The Hall–Kier alpha value is -1.63. The Bertz CT molecular complexity index is 873. The molecule has 0 aliphatic heterocycles. The zero-order valence-corrected chi connectivity index (χ0v) is 17.1. The summed E-state index contributed by atoms with van der Waals surface area (Å²) in [6.07, 6.45) is 7.20. The highest BCUT2D eigenvalue weighted by atomic mass is 32.1. The van der Waals surface area contributed by atoms with E-state index in [4.69, 9.17) is 18.0 Å². The van der Waals surface area contributed by atoms with Crippen LogP contribution in [-0.2, 0) is 17.9 Å². The van der Waals surface area contributed by atoms with Gasteiger partial charge in [0.05, 0.1) is 5.41 Å². The third-order valence-corrected chi connectivity index (χ3v) is 7.48. The maximum absolute atomic E-state index is 13.4. The second-order valence-electron chi connectivity index (χ2n) is 8.81. The molecule has 2 atom stereocenters. The fourth-order valence-corrected chi connectivity index (χ4v) is 6.46. The highest BCUT2D eigenvalue weighted by Gasteiger charge is 2.61. The molecule has 4 saturated carbocycles. The Kier molecular flexibility index (Phi) is 4.69. The van der Waals surface area contributed by atoms with Crippen molar-refractivity contribution in [1.82, 2.24) is 9.13 Å². The van der Waals surface area contributed by atoms with E-state index in [1.165, 1.54) is 19.3 Å². The molecule has 1 heterocycles. The minimum Gasteiger partial charge on any atom is -0.383 e. The van der Waals surface area contributed by atoms with Gasteiger partial charge in [0.25, 0.3) is 5.56 Å². The average Bonchev–Trinajstić information content (AvgIpc) is 3.04. The number of rotatable bonds is 6. The topological polar surface area (TPSA) is 82.1 Å². The molecule has 3 N–H and O–H groups in total. The second kappa shape index (κ2) is 6.76. The molecule has 0 spiro atoms. The van der Waals surface area contributed by atoms with Crippen LogP contribution < -0.4 is 16.6 Å². The number of nitrogens with one attached hydrogen (secondary N) is 1. The van der Waals surface area contributed by atoms with Gasteiger partial charge in [0.15, 0.2) is 4.77 Å². The van der Waals surface area contributed by atoms with Crippen molar-refractivity contribution < 1.29 is 4.79 Å². The Morgan fingerprint density at radius 2 is 1.74 bits per heavy atom. The van der Waals surface area contributed by atoms with Crippen LogP contribution in [-0.4, -0.2) is 15.0 Å². The average molecular weight is 391 g/mol. The van der Waals surface area contributed by atoms with Crippen LogP contribution in [0.4, 0.5) is 11.5 Å². The maximum atomic E-state index is 13.4. The maximum Gasteiger partial charge on any atom is 0.280 e. The standard InChI is InChI=1S/C20H30N4O2S/c1-3-5-23-16(21)15(17(25)24(6-4-2)19(23)27)22-18(26)20-10-12-7-13(11-20)9-14(20)8-12/h12-14H,3-11,21H2,1-2H3,(H,22,26). The molecule has 5 rings (SSSR count). The third kappa shape index (κ3) is 2.77. The molecule has 0 aromatic carbocycles. The van der Waals surface area contributed by atoms with Crippen molar-refractivity contribution in [2.24, 2.45) is 23.2 Å². The Morgan fingerprint density at radius 1 is 1.15 bits per heavy atom. The molecule has 0 radical (unpaired) electrons. The van der Waals surface area contributed by atoms with Crippen molar-refractivity contribution in [3.05, 3.63) is 15.1 Å². The van der Waals surface area contributed by atoms with E-state index in [1.54, 1.807) is 9.13 Å². The molecule has 7 heteroatoms. The first-order valence-electron chi connectivity index (χ1n) is 10.4. The Labute approximate surface area is 165 Å². The van der Waals surface area contributed by atoms with Gasteiger partial charge < -0.3 is 15.6 Å².